The Hall–Kier alpha value is -3.16. The Labute approximate surface area is 153 Å². The first-order valence-electron chi connectivity index (χ1n) is 8.39. The molecule has 0 aliphatic rings. The minimum Gasteiger partial charge on any atom is -0.364 e. The smallest absolute Gasteiger partial charge is 0.256 e. The number of fused-ring (bicyclic) bond motifs is 1. The van der Waals surface area contributed by atoms with Crippen LogP contribution in [-0.4, -0.2) is 13.0 Å². The van der Waals surface area contributed by atoms with E-state index in [-0.39, 0.29) is 5.91 Å². The van der Waals surface area contributed by atoms with Crippen LogP contribution in [0, 0.1) is 11.3 Å². The Balaban J connectivity index is 1.86. The van der Waals surface area contributed by atoms with E-state index in [1.165, 1.54) is 0 Å². The zero-order valence-electron chi connectivity index (χ0n) is 14.8. The summed E-state index contributed by atoms with van der Waals surface area (Å²) < 4.78 is 5.66. The standard InChI is InChI=1S/C22H20N2O2/c1-22(26-2,20-9-5-7-18-6-3-4-8-19(18)20)21(25)24-15-17-12-10-16(14-23)11-13-17/h3-13H,15H2,1-2H3,(H,24,25)/t22-/m0/s1. The molecule has 0 saturated carbocycles. The molecule has 0 radical (unpaired) electrons. The maximum Gasteiger partial charge on any atom is 0.256 e. The molecule has 0 aliphatic carbocycles. The first kappa shape index (κ1) is 17.7. The van der Waals surface area contributed by atoms with Crippen LogP contribution in [0.1, 0.15) is 23.6 Å². The van der Waals surface area contributed by atoms with Gasteiger partial charge in [0.1, 0.15) is 0 Å². The number of nitrogens with zero attached hydrogens (tertiary/aromatic N) is 1. The molecule has 1 amide bonds. The molecule has 0 heterocycles. The van der Waals surface area contributed by atoms with Crippen molar-refractivity contribution in [2.75, 3.05) is 7.11 Å². The van der Waals surface area contributed by atoms with Crippen molar-refractivity contribution < 1.29 is 9.53 Å². The molecule has 0 unspecified atom stereocenters. The molecule has 0 fully saturated rings. The second-order valence-electron chi connectivity index (χ2n) is 6.26. The minimum atomic E-state index is -1.10. The second-order valence-corrected chi connectivity index (χ2v) is 6.26. The SMILES string of the molecule is CO[C@](C)(C(=O)NCc1ccc(C#N)cc1)c1cccc2ccccc12. The fourth-order valence-electron chi connectivity index (χ4n) is 3.01. The van der Waals surface area contributed by atoms with Crippen molar-refractivity contribution in [3.63, 3.8) is 0 Å². The second kappa shape index (κ2) is 7.38. The van der Waals surface area contributed by atoms with Crippen LogP contribution < -0.4 is 5.32 Å². The third-order valence-electron chi connectivity index (χ3n) is 4.68. The summed E-state index contributed by atoms with van der Waals surface area (Å²) in [4.78, 5) is 12.9. The zero-order valence-corrected chi connectivity index (χ0v) is 14.8. The molecule has 4 heteroatoms. The van der Waals surface area contributed by atoms with Crippen LogP contribution in [0.3, 0.4) is 0 Å². The van der Waals surface area contributed by atoms with Gasteiger partial charge in [0.15, 0.2) is 5.60 Å². The number of hydrogen-bond donors (Lipinski definition) is 1. The highest BCUT2D eigenvalue weighted by atomic mass is 16.5. The summed E-state index contributed by atoms with van der Waals surface area (Å²) in [6, 6.07) is 23.0. The molecule has 3 aromatic carbocycles. The molecule has 26 heavy (non-hydrogen) atoms. The van der Waals surface area contributed by atoms with Gasteiger partial charge in [-0.15, -0.1) is 0 Å². The maximum atomic E-state index is 12.9. The Bertz CT molecular complexity index is 968. The monoisotopic (exact) mass is 344 g/mol. The summed E-state index contributed by atoms with van der Waals surface area (Å²) in [5.41, 5.74) is 1.25. The van der Waals surface area contributed by atoms with Gasteiger partial charge in [-0.3, -0.25) is 4.79 Å². The number of carbonyl (C=O) groups is 1. The lowest BCUT2D eigenvalue weighted by atomic mass is 9.89. The van der Waals surface area contributed by atoms with E-state index in [2.05, 4.69) is 11.4 Å². The third-order valence-corrected chi connectivity index (χ3v) is 4.68. The van der Waals surface area contributed by atoms with Gasteiger partial charge in [-0.05, 0) is 35.4 Å². The number of nitriles is 1. The molecule has 1 atom stereocenters. The highest BCUT2D eigenvalue weighted by Gasteiger charge is 2.36. The Morgan fingerprint density at radius 3 is 2.46 bits per heavy atom. The average molecular weight is 344 g/mol. The zero-order chi connectivity index (χ0) is 18.6. The fraction of sp³-hybridized carbons (Fsp3) is 0.182. The molecule has 0 aromatic heterocycles. The third kappa shape index (κ3) is 3.30. The van der Waals surface area contributed by atoms with E-state index in [0.717, 1.165) is 21.9 Å². The molecule has 130 valence electrons. The molecule has 0 saturated heterocycles. The van der Waals surface area contributed by atoms with Crippen molar-refractivity contribution in [3.8, 4) is 6.07 Å². The number of rotatable bonds is 5. The van der Waals surface area contributed by atoms with Crippen molar-refractivity contribution >= 4 is 16.7 Å². The number of ether oxygens (including phenoxy) is 1. The van der Waals surface area contributed by atoms with Gasteiger partial charge in [-0.1, -0.05) is 54.6 Å². The van der Waals surface area contributed by atoms with Crippen LogP contribution in [0.2, 0.25) is 0 Å². The molecular formula is C22H20N2O2. The molecule has 0 aliphatic heterocycles. The van der Waals surface area contributed by atoms with E-state index in [1.54, 1.807) is 26.2 Å². The Morgan fingerprint density at radius 1 is 1.08 bits per heavy atom. The van der Waals surface area contributed by atoms with Gasteiger partial charge in [0.25, 0.3) is 5.91 Å². The average Bonchev–Trinajstić information content (AvgIpc) is 2.71. The van der Waals surface area contributed by atoms with Gasteiger partial charge in [0, 0.05) is 19.2 Å². The number of carbonyl (C=O) groups excluding carboxylic acids is 1. The van der Waals surface area contributed by atoms with Crippen molar-refractivity contribution in [1.82, 2.24) is 5.32 Å². The molecule has 0 bridgehead atoms. The normalized spacial score (nSPS) is 13.0. The number of amides is 1. The van der Waals surface area contributed by atoms with E-state index in [1.807, 2.05) is 54.6 Å². The highest BCUT2D eigenvalue weighted by Crippen LogP contribution is 2.31. The molecule has 1 N–H and O–H groups in total. The van der Waals surface area contributed by atoms with Crippen molar-refractivity contribution in [2.45, 2.75) is 19.1 Å². The van der Waals surface area contributed by atoms with Gasteiger partial charge >= 0.3 is 0 Å². The number of nitrogens with one attached hydrogen (secondary N) is 1. The lowest BCUT2D eigenvalue weighted by Crippen LogP contribution is -2.43. The number of methoxy groups -OCH3 is 1. The quantitative estimate of drug-likeness (QED) is 0.764. The predicted molar refractivity (Wildman–Crippen MR) is 101 cm³/mol. The number of benzene rings is 3. The van der Waals surface area contributed by atoms with E-state index >= 15 is 0 Å². The van der Waals surface area contributed by atoms with Crippen molar-refractivity contribution in [2.24, 2.45) is 0 Å². The minimum absolute atomic E-state index is 0.208. The van der Waals surface area contributed by atoms with Gasteiger partial charge in [-0.25, -0.2) is 0 Å². The van der Waals surface area contributed by atoms with Crippen molar-refractivity contribution in [1.29, 1.82) is 5.26 Å². The topological polar surface area (TPSA) is 62.1 Å². The molecule has 3 rings (SSSR count). The van der Waals surface area contributed by atoms with Crippen LogP contribution >= 0.6 is 0 Å². The van der Waals surface area contributed by atoms with Crippen LogP contribution in [0.25, 0.3) is 10.8 Å². The summed E-state index contributed by atoms with van der Waals surface area (Å²) in [7, 11) is 1.54. The number of hydrogen-bond acceptors (Lipinski definition) is 3. The summed E-state index contributed by atoms with van der Waals surface area (Å²) in [5.74, 6) is -0.208. The maximum absolute atomic E-state index is 12.9. The first-order chi connectivity index (χ1) is 12.6. The van der Waals surface area contributed by atoms with Gasteiger partial charge in [0.2, 0.25) is 0 Å². The molecular weight excluding hydrogens is 324 g/mol. The molecule has 3 aromatic rings. The fourth-order valence-corrected chi connectivity index (χ4v) is 3.01. The lowest BCUT2D eigenvalue weighted by Gasteiger charge is -2.28. The lowest BCUT2D eigenvalue weighted by molar-refractivity contribution is -0.142. The van der Waals surface area contributed by atoms with Crippen molar-refractivity contribution in [3.05, 3.63) is 83.4 Å². The van der Waals surface area contributed by atoms with Crippen LogP contribution in [-0.2, 0) is 21.7 Å². The summed E-state index contributed by atoms with van der Waals surface area (Å²) >= 11 is 0. The summed E-state index contributed by atoms with van der Waals surface area (Å²) in [6.07, 6.45) is 0. The van der Waals surface area contributed by atoms with Gasteiger partial charge < -0.3 is 10.1 Å². The highest BCUT2D eigenvalue weighted by molar-refractivity contribution is 5.94. The first-order valence-corrected chi connectivity index (χ1v) is 8.39. The van der Waals surface area contributed by atoms with Gasteiger partial charge in [0.05, 0.1) is 11.6 Å². The summed E-state index contributed by atoms with van der Waals surface area (Å²) in [5, 5.41) is 13.9. The molecule has 0 spiro atoms. The van der Waals surface area contributed by atoms with E-state index in [4.69, 9.17) is 10.00 Å². The van der Waals surface area contributed by atoms with E-state index < -0.39 is 5.60 Å². The summed E-state index contributed by atoms with van der Waals surface area (Å²) in [6.45, 7) is 2.15. The van der Waals surface area contributed by atoms with Crippen LogP contribution in [0.4, 0.5) is 0 Å². The predicted octanol–water partition coefficient (Wildman–Crippen LogP) is 3.89. The van der Waals surface area contributed by atoms with Crippen LogP contribution in [0.5, 0.6) is 0 Å². The van der Waals surface area contributed by atoms with E-state index in [9.17, 15) is 4.79 Å². The largest absolute Gasteiger partial charge is 0.364 e. The van der Waals surface area contributed by atoms with E-state index in [0.29, 0.717) is 12.1 Å². The van der Waals surface area contributed by atoms with Gasteiger partial charge in [-0.2, -0.15) is 5.26 Å². The van der Waals surface area contributed by atoms with Crippen LogP contribution in [0.15, 0.2) is 66.7 Å². The molecule has 4 nitrogen and oxygen atoms in total. The Kier molecular flexibility index (Phi) is 5.01. The Morgan fingerprint density at radius 2 is 1.77 bits per heavy atom.